The van der Waals surface area contributed by atoms with Crippen LogP contribution in [0.1, 0.15) is 20.3 Å². The van der Waals surface area contributed by atoms with Crippen LogP contribution in [0.5, 0.6) is 0 Å². The van der Waals surface area contributed by atoms with E-state index in [-0.39, 0.29) is 42.5 Å². The molecule has 1 heterocycles. The summed E-state index contributed by atoms with van der Waals surface area (Å²) in [5.41, 5.74) is 6.74. The molecule has 3 amide bonds. The van der Waals surface area contributed by atoms with Crippen LogP contribution in [-0.2, 0) is 14.4 Å². The highest BCUT2D eigenvalue weighted by Gasteiger charge is 2.41. The Bertz CT molecular complexity index is 565. The molecular weight excluding hydrogens is 270 g/mol. The molecule has 2 rings (SSSR count). The Morgan fingerprint density at radius 2 is 1.76 bits per heavy atom. The molecule has 1 aliphatic heterocycles. The summed E-state index contributed by atoms with van der Waals surface area (Å²) in [6.07, 6.45) is 0.0608. The molecule has 3 N–H and O–H groups in total. The number of benzene rings is 1. The second-order valence-corrected chi connectivity index (χ2v) is 5.29. The summed E-state index contributed by atoms with van der Waals surface area (Å²) < 4.78 is 0. The Balaban J connectivity index is 1.92. The van der Waals surface area contributed by atoms with Gasteiger partial charge in [0.2, 0.25) is 17.7 Å². The van der Waals surface area contributed by atoms with Crippen LogP contribution in [0.2, 0.25) is 0 Å². The lowest BCUT2D eigenvalue weighted by Gasteiger charge is -2.14. The van der Waals surface area contributed by atoms with E-state index in [9.17, 15) is 14.4 Å². The van der Waals surface area contributed by atoms with Crippen molar-refractivity contribution < 1.29 is 14.4 Å². The number of nitrogens with one attached hydrogen (secondary N) is 1. The number of hydrogen-bond acceptors (Lipinski definition) is 4. The van der Waals surface area contributed by atoms with Crippen LogP contribution in [0.4, 0.5) is 11.4 Å². The third-order valence-corrected chi connectivity index (χ3v) is 3.86. The first kappa shape index (κ1) is 15.0. The van der Waals surface area contributed by atoms with Gasteiger partial charge >= 0.3 is 0 Å². The quantitative estimate of drug-likeness (QED) is 0.644. The number of nitrogens with two attached hydrogens (primary N) is 1. The standard InChI is InChI=1S/C15H19N3O3/c1-9-10(2)15(21)18(14(9)20)8-7-13(19)17-12-6-4-3-5-11(12)16/h3-6,9-10H,7-8,16H2,1-2H3,(H,17,19). The molecule has 1 saturated heterocycles. The number of para-hydroxylation sites is 2. The van der Waals surface area contributed by atoms with E-state index < -0.39 is 0 Å². The van der Waals surface area contributed by atoms with Crippen LogP contribution in [0, 0.1) is 11.8 Å². The molecule has 6 nitrogen and oxygen atoms in total. The number of carbonyl (C=O) groups excluding carboxylic acids is 3. The van der Waals surface area contributed by atoms with Crippen molar-refractivity contribution in [1.82, 2.24) is 4.90 Å². The zero-order valence-electron chi connectivity index (χ0n) is 12.1. The fourth-order valence-corrected chi connectivity index (χ4v) is 2.29. The average Bonchev–Trinajstić information content (AvgIpc) is 2.64. The number of nitrogen functional groups attached to an aromatic ring is 1. The largest absolute Gasteiger partial charge is 0.397 e. The Kier molecular flexibility index (Phi) is 4.26. The van der Waals surface area contributed by atoms with Gasteiger partial charge in [-0.25, -0.2) is 0 Å². The lowest BCUT2D eigenvalue weighted by molar-refractivity contribution is -0.139. The summed E-state index contributed by atoms with van der Waals surface area (Å²) >= 11 is 0. The van der Waals surface area contributed by atoms with Gasteiger partial charge in [-0.05, 0) is 12.1 Å². The predicted octanol–water partition coefficient (Wildman–Crippen LogP) is 1.24. The third kappa shape index (κ3) is 3.04. The summed E-state index contributed by atoms with van der Waals surface area (Å²) in [6.45, 7) is 3.57. The summed E-state index contributed by atoms with van der Waals surface area (Å²) in [5, 5.41) is 2.67. The fourth-order valence-electron chi connectivity index (χ4n) is 2.29. The summed E-state index contributed by atoms with van der Waals surface area (Å²) in [5.74, 6) is -1.32. The highest BCUT2D eigenvalue weighted by molar-refractivity contribution is 6.05. The van der Waals surface area contributed by atoms with Crippen LogP contribution in [0.25, 0.3) is 0 Å². The van der Waals surface area contributed by atoms with Crippen LogP contribution in [0.3, 0.4) is 0 Å². The molecule has 1 fully saturated rings. The molecule has 21 heavy (non-hydrogen) atoms. The molecule has 2 atom stereocenters. The Labute approximate surface area is 123 Å². The maximum Gasteiger partial charge on any atom is 0.232 e. The number of imide groups is 1. The van der Waals surface area contributed by atoms with Gasteiger partial charge in [0.1, 0.15) is 0 Å². The van der Waals surface area contributed by atoms with Crippen molar-refractivity contribution in [3.63, 3.8) is 0 Å². The van der Waals surface area contributed by atoms with E-state index in [1.54, 1.807) is 38.1 Å². The molecule has 0 saturated carbocycles. The number of nitrogens with zero attached hydrogens (tertiary/aromatic N) is 1. The van der Waals surface area contributed by atoms with E-state index in [1.165, 1.54) is 4.90 Å². The number of likely N-dealkylation sites (tertiary alicyclic amines) is 1. The minimum atomic E-state index is -0.315. The maximum absolute atomic E-state index is 11.9. The summed E-state index contributed by atoms with van der Waals surface area (Å²) in [6, 6.07) is 6.92. The molecule has 0 spiro atoms. The molecule has 1 aromatic rings. The van der Waals surface area contributed by atoms with Crippen LogP contribution < -0.4 is 11.1 Å². The molecule has 0 bridgehead atoms. The Morgan fingerprint density at radius 1 is 1.19 bits per heavy atom. The van der Waals surface area contributed by atoms with Crippen molar-refractivity contribution in [3.8, 4) is 0 Å². The van der Waals surface area contributed by atoms with Crippen LogP contribution in [-0.4, -0.2) is 29.2 Å². The Morgan fingerprint density at radius 3 is 2.33 bits per heavy atom. The summed E-state index contributed by atoms with van der Waals surface area (Å²) in [7, 11) is 0. The fraction of sp³-hybridized carbons (Fsp3) is 0.400. The first-order valence-corrected chi connectivity index (χ1v) is 6.91. The minimum absolute atomic E-state index is 0.0608. The SMILES string of the molecule is CC1C(=O)N(CCC(=O)Nc2ccccc2N)C(=O)C1C. The van der Waals surface area contributed by atoms with Gasteiger partial charge in [0.15, 0.2) is 0 Å². The number of hydrogen-bond donors (Lipinski definition) is 2. The van der Waals surface area contributed by atoms with Crippen molar-refractivity contribution in [2.45, 2.75) is 20.3 Å². The summed E-state index contributed by atoms with van der Waals surface area (Å²) in [4.78, 5) is 36.9. The van der Waals surface area contributed by atoms with E-state index >= 15 is 0 Å². The second-order valence-electron chi connectivity index (χ2n) is 5.29. The molecule has 0 aliphatic carbocycles. The molecule has 2 unspecified atom stereocenters. The van der Waals surface area contributed by atoms with E-state index in [4.69, 9.17) is 5.73 Å². The smallest absolute Gasteiger partial charge is 0.232 e. The topological polar surface area (TPSA) is 92.5 Å². The van der Waals surface area contributed by atoms with Gasteiger partial charge in [-0.2, -0.15) is 0 Å². The number of anilines is 2. The average molecular weight is 289 g/mol. The van der Waals surface area contributed by atoms with Gasteiger partial charge in [-0.1, -0.05) is 26.0 Å². The molecule has 112 valence electrons. The van der Waals surface area contributed by atoms with Gasteiger partial charge in [0, 0.05) is 24.8 Å². The van der Waals surface area contributed by atoms with E-state index in [1.807, 2.05) is 0 Å². The van der Waals surface area contributed by atoms with Gasteiger partial charge in [-0.15, -0.1) is 0 Å². The first-order valence-electron chi connectivity index (χ1n) is 6.91. The van der Waals surface area contributed by atoms with E-state index in [0.29, 0.717) is 11.4 Å². The minimum Gasteiger partial charge on any atom is -0.397 e. The monoisotopic (exact) mass is 289 g/mol. The van der Waals surface area contributed by atoms with Gasteiger partial charge in [-0.3, -0.25) is 19.3 Å². The van der Waals surface area contributed by atoms with Crippen molar-refractivity contribution >= 4 is 29.1 Å². The third-order valence-electron chi connectivity index (χ3n) is 3.86. The first-order chi connectivity index (χ1) is 9.91. The van der Waals surface area contributed by atoms with Crippen molar-refractivity contribution in [2.24, 2.45) is 11.8 Å². The molecular formula is C15H19N3O3. The number of amides is 3. The number of carbonyl (C=O) groups is 3. The maximum atomic E-state index is 11.9. The van der Waals surface area contributed by atoms with Crippen molar-refractivity contribution in [3.05, 3.63) is 24.3 Å². The zero-order valence-corrected chi connectivity index (χ0v) is 12.1. The lowest BCUT2D eigenvalue weighted by Crippen LogP contribution is -2.33. The zero-order chi connectivity index (χ0) is 15.6. The molecule has 1 aromatic carbocycles. The normalized spacial score (nSPS) is 21.7. The molecule has 1 aliphatic rings. The van der Waals surface area contributed by atoms with Gasteiger partial charge in [0.05, 0.1) is 11.4 Å². The van der Waals surface area contributed by atoms with Gasteiger partial charge in [0.25, 0.3) is 0 Å². The van der Waals surface area contributed by atoms with E-state index in [0.717, 1.165) is 0 Å². The van der Waals surface area contributed by atoms with E-state index in [2.05, 4.69) is 5.32 Å². The molecule has 0 aromatic heterocycles. The lowest BCUT2D eigenvalue weighted by atomic mass is 10.00. The van der Waals surface area contributed by atoms with Gasteiger partial charge < -0.3 is 11.1 Å². The highest BCUT2D eigenvalue weighted by Crippen LogP contribution is 2.25. The predicted molar refractivity (Wildman–Crippen MR) is 79.1 cm³/mol. The highest BCUT2D eigenvalue weighted by atomic mass is 16.2. The van der Waals surface area contributed by atoms with Crippen molar-refractivity contribution in [2.75, 3.05) is 17.6 Å². The Hall–Kier alpha value is -2.37. The van der Waals surface area contributed by atoms with Crippen LogP contribution in [0.15, 0.2) is 24.3 Å². The second kappa shape index (κ2) is 5.95. The molecule has 6 heteroatoms. The number of rotatable bonds is 4. The van der Waals surface area contributed by atoms with Crippen molar-refractivity contribution in [1.29, 1.82) is 0 Å². The molecule has 0 radical (unpaired) electrons. The van der Waals surface area contributed by atoms with Crippen LogP contribution >= 0.6 is 0 Å².